The SMILES string of the molecule is CC12CCCC1C1CCC3C4(C)CCCCC4CCC3(C)C1(C)CC2. The van der Waals surface area contributed by atoms with Crippen LogP contribution in [0.15, 0.2) is 0 Å². The molecule has 5 fully saturated rings. The lowest BCUT2D eigenvalue weighted by Crippen LogP contribution is -2.63. The van der Waals surface area contributed by atoms with E-state index >= 15 is 0 Å². The largest absolute Gasteiger partial charge is 0.0594 e. The van der Waals surface area contributed by atoms with Crippen molar-refractivity contribution in [1.29, 1.82) is 0 Å². The summed E-state index contributed by atoms with van der Waals surface area (Å²) in [7, 11) is 0. The Bertz CT molecular complexity index is 550. The standard InChI is InChI=1S/C25H42/c1-22-13-7-9-19(22)20-10-11-21-23(2)14-6-5-8-18(23)12-15-25(21,4)24(20,3)17-16-22/h18-21H,5-17H2,1-4H3. The Hall–Kier alpha value is 0. The maximum Gasteiger partial charge on any atom is -0.0235 e. The Morgan fingerprint density at radius 1 is 0.560 bits per heavy atom. The summed E-state index contributed by atoms with van der Waals surface area (Å²) in [5.74, 6) is 4.17. The van der Waals surface area contributed by atoms with Crippen LogP contribution in [-0.4, -0.2) is 0 Å². The van der Waals surface area contributed by atoms with Crippen LogP contribution in [0.5, 0.6) is 0 Å². The molecule has 25 heavy (non-hydrogen) atoms. The van der Waals surface area contributed by atoms with Crippen LogP contribution in [0.3, 0.4) is 0 Å². The van der Waals surface area contributed by atoms with E-state index in [9.17, 15) is 0 Å². The molecular weight excluding hydrogens is 300 g/mol. The zero-order valence-corrected chi connectivity index (χ0v) is 17.5. The van der Waals surface area contributed by atoms with Gasteiger partial charge in [0.15, 0.2) is 0 Å². The van der Waals surface area contributed by atoms with Crippen molar-refractivity contribution < 1.29 is 0 Å². The summed E-state index contributed by atoms with van der Waals surface area (Å²) in [6.45, 7) is 11.0. The number of fused-ring (bicyclic) bond motifs is 7. The summed E-state index contributed by atoms with van der Waals surface area (Å²) >= 11 is 0. The minimum absolute atomic E-state index is 0.627. The van der Waals surface area contributed by atoms with Crippen molar-refractivity contribution in [2.45, 2.75) is 111 Å². The molecule has 5 saturated carbocycles. The van der Waals surface area contributed by atoms with Gasteiger partial charge >= 0.3 is 0 Å². The van der Waals surface area contributed by atoms with E-state index in [1.54, 1.807) is 51.4 Å². The van der Waals surface area contributed by atoms with Gasteiger partial charge in [-0.1, -0.05) is 47.0 Å². The van der Waals surface area contributed by atoms with E-state index in [0.717, 1.165) is 23.7 Å². The van der Waals surface area contributed by atoms with E-state index in [4.69, 9.17) is 0 Å². The monoisotopic (exact) mass is 342 g/mol. The van der Waals surface area contributed by atoms with E-state index < -0.39 is 0 Å². The Morgan fingerprint density at radius 2 is 1.40 bits per heavy atom. The maximum atomic E-state index is 2.79. The Balaban J connectivity index is 1.53. The third-order valence-corrected chi connectivity index (χ3v) is 11.8. The van der Waals surface area contributed by atoms with Crippen LogP contribution in [-0.2, 0) is 0 Å². The highest BCUT2D eigenvalue weighted by molar-refractivity contribution is 5.16. The molecule has 0 nitrogen and oxygen atoms in total. The minimum atomic E-state index is 0.627. The third kappa shape index (κ3) is 2.01. The molecule has 0 aliphatic heterocycles. The molecule has 0 N–H and O–H groups in total. The van der Waals surface area contributed by atoms with Crippen LogP contribution in [0.25, 0.3) is 0 Å². The Kier molecular flexibility index (Phi) is 3.62. The highest BCUT2D eigenvalue weighted by Crippen LogP contribution is 2.75. The van der Waals surface area contributed by atoms with Gasteiger partial charge in [-0.15, -0.1) is 0 Å². The van der Waals surface area contributed by atoms with Crippen molar-refractivity contribution >= 4 is 0 Å². The fourth-order valence-electron chi connectivity index (χ4n) is 10.1. The van der Waals surface area contributed by atoms with Crippen LogP contribution in [0, 0.1) is 45.3 Å². The minimum Gasteiger partial charge on any atom is -0.0594 e. The molecule has 5 aliphatic rings. The molecule has 0 heteroatoms. The normalized spacial score (nSPS) is 61.0. The van der Waals surface area contributed by atoms with E-state index in [0.29, 0.717) is 21.7 Å². The topological polar surface area (TPSA) is 0 Å². The first-order valence-corrected chi connectivity index (χ1v) is 11.8. The first kappa shape index (κ1) is 17.1. The predicted molar refractivity (Wildman–Crippen MR) is 106 cm³/mol. The molecule has 0 aromatic carbocycles. The summed E-state index contributed by atoms with van der Waals surface area (Å²) in [4.78, 5) is 0. The zero-order chi connectivity index (χ0) is 17.5. The summed E-state index contributed by atoms with van der Waals surface area (Å²) in [6.07, 6.45) is 20.0. The van der Waals surface area contributed by atoms with Gasteiger partial charge in [0.05, 0.1) is 0 Å². The number of hydrogen-bond donors (Lipinski definition) is 0. The van der Waals surface area contributed by atoms with Crippen molar-refractivity contribution in [2.75, 3.05) is 0 Å². The average molecular weight is 343 g/mol. The van der Waals surface area contributed by atoms with E-state index in [1.165, 1.54) is 32.1 Å². The first-order valence-electron chi connectivity index (χ1n) is 11.8. The van der Waals surface area contributed by atoms with Gasteiger partial charge in [-0.05, 0) is 110 Å². The molecule has 0 bridgehead atoms. The smallest absolute Gasteiger partial charge is 0.0235 e. The molecule has 5 rings (SSSR count). The maximum absolute atomic E-state index is 2.79. The highest BCUT2D eigenvalue weighted by Gasteiger charge is 2.67. The fourth-order valence-corrected chi connectivity index (χ4v) is 10.1. The highest BCUT2D eigenvalue weighted by atomic mass is 14.7. The van der Waals surface area contributed by atoms with Gasteiger partial charge in [-0.2, -0.15) is 0 Å². The lowest BCUT2D eigenvalue weighted by Gasteiger charge is -2.71. The summed E-state index contributed by atoms with van der Waals surface area (Å²) in [6, 6.07) is 0. The van der Waals surface area contributed by atoms with Gasteiger partial charge in [0.1, 0.15) is 0 Å². The van der Waals surface area contributed by atoms with Crippen LogP contribution in [0.1, 0.15) is 111 Å². The second-order valence-electron chi connectivity index (χ2n) is 12.2. The third-order valence-electron chi connectivity index (χ3n) is 11.8. The fraction of sp³-hybridized carbons (Fsp3) is 1.00. The van der Waals surface area contributed by atoms with Crippen molar-refractivity contribution in [2.24, 2.45) is 45.3 Å². The summed E-state index contributed by atoms with van der Waals surface area (Å²) < 4.78 is 0. The van der Waals surface area contributed by atoms with Crippen molar-refractivity contribution in [3.05, 3.63) is 0 Å². The van der Waals surface area contributed by atoms with E-state index in [1.807, 2.05) is 0 Å². The lowest BCUT2D eigenvalue weighted by molar-refractivity contribution is -0.218. The summed E-state index contributed by atoms with van der Waals surface area (Å²) in [5, 5.41) is 0. The quantitative estimate of drug-likeness (QED) is 0.425. The molecule has 142 valence electrons. The predicted octanol–water partition coefficient (Wildman–Crippen LogP) is 7.62. The molecule has 0 saturated heterocycles. The molecule has 8 atom stereocenters. The van der Waals surface area contributed by atoms with Crippen LogP contribution < -0.4 is 0 Å². The second-order valence-corrected chi connectivity index (χ2v) is 12.2. The number of rotatable bonds is 0. The lowest BCUT2D eigenvalue weighted by atomic mass is 9.34. The van der Waals surface area contributed by atoms with Gasteiger partial charge < -0.3 is 0 Å². The van der Waals surface area contributed by atoms with Gasteiger partial charge in [0.25, 0.3) is 0 Å². The van der Waals surface area contributed by atoms with Crippen molar-refractivity contribution in [1.82, 2.24) is 0 Å². The molecule has 0 heterocycles. The molecule has 8 unspecified atom stereocenters. The van der Waals surface area contributed by atoms with Gasteiger partial charge in [-0.25, -0.2) is 0 Å². The van der Waals surface area contributed by atoms with Crippen LogP contribution in [0.2, 0.25) is 0 Å². The van der Waals surface area contributed by atoms with Crippen molar-refractivity contribution in [3.8, 4) is 0 Å². The molecule has 0 aromatic rings. The van der Waals surface area contributed by atoms with E-state index in [2.05, 4.69) is 27.7 Å². The zero-order valence-electron chi connectivity index (χ0n) is 17.5. The molecular formula is C25H42. The van der Waals surface area contributed by atoms with E-state index in [-0.39, 0.29) is 0 Å². The summed E-state index contributed by atoms with van der Waals surface area (Å²) in [5.41, 5.74) is 2.65. The van der Waals surface area contributed by atoms with Crippen molar-refractivity contribution in [3.63, 3.8) is 0 Å². The average Bonchev–Trinajstić information content (AvgIpc) is 2.97. The Morgan fingerprint density at radius 3 is 2.24 bits per heavy atom. The molecule has 0 amide bonds. The first-order chi connectivity index (χ1) is 11.8. The van der Waals surface area contributed by atoms with Crippen LogP contribution >= 0.6 is 0 Å². The molecule has 0 spiro atoms. The number of hydrogen-bond acceptors (Lipinski definition) is 0. The van der Waals surface area contributed by atoms with Crippen LogP contribution in [0.4, 0.5) is 0 Å². The molecule has 5 aliphatic carbocycles. The Labute approximate surface area is 156 Å². The second kappa shape index (κ2) is 5.29. The van der Waals surface area contributed by atoms with Gasteiger partial charge in [-0.3, -0.25) is 0 Å². The van der Waals surface area contributed by atoms with Gasteiger partial charge in [0.2, 0.25) is 0 Å². The molecule has 0 radical (unpaired) electrons. The molecule has 0 aromatic heterocycles. The van der Waals surface area contributed by atoms with Gasteiger partial charge in [0, 0.05) is 0 Å².